The number of ether oxygens (including phenoxy) is 1. The lowest BCUT2D eigenvalue weighted by Gasteiger charge is -2.25. The Labute approximate surface area is 117 Å². The lowest BCUT2D eigenvalue weighted by Crippen LogP contribution is -2.42. The van der Waals surface area contributed by atoms with E-state index in [2.05, 4.69) is 50.4 Å². The van der Waals surface area contributed by atoms with Gasteiger partial charge in [0.15, 0.2) is 0 Å². The molecule has 1 rings (SSSR count). The van der Waals surface area contributed by atoms with Gasteiger partial charge < -0.3 is 10.1 Å². The number of hydrogen-bond donors (Lipinski definition) is 1. The zero-order valence-electron chi connectivity index (χ0n) is 13.0. The fourth-order valence-corrected chi connectivity index (χ4v) is 2.28. The first kappa shape index (κ1) is 16.2. The average Bonchev–Trinajstić information content (AvgIpc) is 2.85. The summed E-state index contributed by atoms with van der Waals surface area (Å²) in [6, 6.07) is 2.87. The highest BCUT2D eigenvalue weighted by Gasteiger charge is 2.20. The Morgan fingerprint density at radius 1 is 1.37 bits per heavy atom. The van der Waals surface area contributed by atoms with Gasteiger partial charge in [-0.2, -0.15) is 5.10 Å². The minimum absolute atomic E-state index is 0.246. The molecule has 2 atom stereocenters. The topological polar surface area (TPSA) is 39.1 Å². The zero-order chi connectivity index (χ0) is 14.3. The van der Waals surface area contributed by atoms with Gasteiger partial charge in [0.1, 0.15) is 0 Å². The van der Waals surface area contributed by atoms with E-state index in [0.717, 1.165) is 31.5 Å². The van der Waals surface area contributed by atoms with Crippen molar-refractivity contribution in [1.82, 2.24) is 15.1 Å². The van der Waals surface area contributed by atoms with Crippen LogP contribution >= 0.6 is 0 Å². The van der Waals surface area contributed by atoms with Crippen LogP contribution in [0.1, 0.15) is 52.3 Å². The van der Waals surface area contributed by atoms with E-state index in [1.54, 1.807) is 7.11 Å². The molecule has 1 aromatic rings. The molecule has 0 bridgehead atoms. The van der Waals surface area contributed by atoms with Crippen molar-refractivity contribution in [2.45, 2.75) is 65.1 Å². The Hall–Kier alpha value is -0.870. The first-order valence-electron chi connectivity index (χ1n) is 7.42. The van der Waals surface area contributed by atoms with E-state index in [9.17, 15) is 0 Å². The second-order valence-electron chi connectivity index (χ2n) is 5.33. The number of nitrogens with zero attached hydrogens (tertiary/aromatic N) is 2. The molecule has 0 aromatic carbocycles. The second-order valence-corrected chi connectivity index (χ2v) is 5.33. The quantitative estimate of drug-likeness (QED) is 0.748. The molecular weight excluding hydrogens is 238 g/mol. The van der Waals surface area contributed by atoms with Crippen molar-refractivity contribution in [3.8, 4) is 0 Å². The van der Waals surface area contributed by atoms with E-state index < -0.39 is 0 Å². The van der Waals surface area contributed by atoms with Crippen LogP contribution in [-0.2, 0) is 11.2 Å². The molecule has 0 aliphatic rings. The molecule has 0 amide bonds. The summed E-state index contributed by atoms with van der Waals surface area (Å²) >= 11 is 0. The number of rotatable bonds is 9. The lowest BCUT2D eigenvalue weighted by molar-refractivity contribution is 0.0650. The van der Waals surface area contributed by atoms with Crippen LogP contribution < -0.4 is 5.32 Å². The predicted octanol–water partition coefficient (Wildman–Crippen LogP) is 2.80. The number of nitrogens with one attached hydrogen (secondary N) is 1. The maximum atomic E-state index is 5.59. The number of aromatic nitrogens is 2. The van der Waals surface area contributed by atoms with Crippen molar-refractivity contribution in [2.24, 2.45) is 0 Å². The van der Waals surface area contributed by atoms with E-state index in [1.165, 1.54) is 0 Å². The normalized spacial score (nSPS) is 14.8. The highest BCUT2D eigenvalue weighted by atomic mass is 16.5. The highest BCUT2D eigenvalue weighted by Crippen LogP contribution is 2.11. The molecule has 1 aromatic heterocycles. The molecule has 2 unspecified atom stereocenters. The molecule has 110 valence electrons. The van der Waals surface area contributed by atoms with Crippen LogP contribution in [-0.4, -0.2) is 35.6 Å². The molecule has 0 radical (unpaired) electrons. The summed E-state index contributed by atoms with van der Waals surface area (Å²) in [6.07, 6.45) is 5.38. The summed E-state index contributed by atoms with van der Waals surface area (Å²) in [4.78, 5) is 0. The van der Waals surface area contributed by atoms with Crippen LogP contribution in [0.5, 0.6) is 0 Å². The molecule has 0 aliphatic carbocycles. The van der Waals surface area contributed by atoms with Gasteiger partial charge in [0, 0.05) is 31.8 Å². The molecule has 4 nitrogen and oxygen atoms in total. The fraction of sp³-hybridized carbons (Fsp3) is 0.800. The van der Waals surface area contributed by atoms with Crippen LogP contribution in [0.15, 0.2) is 12.3 Å². The molecule has 0 fully saturated rings. The van der Waals surface area contributed by atoms with E-state index in [4.69, 9.17) is 4.74 Å². The largest absolute Gasteiger partial charge is 0.380 e. The van der Waals surface area contributed by atoms with E-state index in [0.29, 0.717) is 12.1 Å². The molecule has 1 N–H and O–H groups in total. The van der Waals surface area contributed by atoms with Gasteiger partial charge >= 0.3 is 0 Å². The van der Waals surface area contributed by atoms with Crippen LogP contribution in [0.2, 0.25) is 0 Å². The van der Waals surface area contributed by atoms with Crippen molar-refractivity contribution < 1.29 is 4.74 Å². The monoisotopic (exact) mass is 267 g/mol. The van der Waals surface area contributed by atoms with Gasteiger partial charge in [0.2, 0.25) is 0 Å². The zero-order valence-corrected chi connectivity index (χ0v) is 13.0. The third kappa shape index (κ3) is 4.96. The fourth-order valence-electron chi connectivity index (χ4n) is 2.28. The molecule has 0 spiro atoms. The summed E-state index contributed by atoms with van der Waals surface area (Å²) in [5.41, 5.74) is 1.14. The van der Waals surface area contributed by atoms with Gasteiger partial charge in [-0.1, -0.05) is 13.8 Å². The molecule has 1 heterocycles. The van der Waals surface area contributed by atoms with Gasteiger partial charge in [-0.25, -0.2) is 0 Å². The van der Waals surface area contributed by atoms with Crippen LogP contribution in [0.25, 0.3) is 0 Å². The molecule has 4 heteroatoms. The number of methoxy groups -OCH3 is 1. The van der Waals surface area contributed by atoms with Crippen molar-refractivity contribution in [2.75, 3.05) is 13.7 Å². The predicted molar refractivity (Wildman–Crippen MR) is 79.5 cm³/mol. The summed E-state index contributed by atoms with van der Waals surface area (Å²) < 4.78 is 7.60. The van der Waals surface area contributed by atoms with Crippen molar-refractivity contribution in [1.29, 1.82) is 0 Å². The second kappa shape index (κ2) is 8.33. The standard InChI is InChI=1S/C15H29N3O/c1-6-9-16-14(15(7-2)19-5)11-13-8-10-18(17-13)12(3)4/h8,10,12,14-16H,6-7,9,11H2,1-5H3. The minimum Gasteiger partial charge on any atom is -0.380 e. The maximum absolute atomic E-state index is 5.59. The third-order valence-electron chi connectivity index (χ3n) is 3.43. The Morgan fingerprint density at radius 2 is 2.11 bits per heavy atom. The third-order valence-corrected chi connectivity index (χ3v) is 3.43. The molecular formula is C15H29N3O. The van der Waals surface area contributed by atoms with Crippen LogP contribution in [0.3, 0.4) is 0 Å². The average molecular weight is 267 g/mol. The van der Waals surface area contributed by atoms with E-state index in [1.807, 2.05) is 4.68 Å². The molecule has 19 heavy (non-hydrogen) atoms. The summed E-state index contributed by atoms with van der Waals surface area (Å²) in [5, 5.41) is 8.21. The van der Waals surface area contributed by atoms with Crippen LogP contribution in [0.4, 0.5) is 0 Å². The van der Waals surface area contributed by atoms with E-state index in [-0.39, 0.29) is 6.10 Å². The Bertz CT molecular complexity index is 345. The Balaban J connectivity index is 2.68. The van der Waals surface area contributed by atoms with Crippen molar-refractivity contribution >= 4 is 0 Å². The van der Waals surface area contributed by atoms with Gasteiger partial charge in [0.05, 0.1) is 11.8 Å². The molecule has 0 saturated carbocycles. The van der Waals surface area contributed by atoms with Crippen LogP contribution in [0, 0.1) is 0 Å². The molecule has 0 aliphatic heterocycles. The Morgan fingerprint density at radius 3 is 2.58 bits per heavy atom. The minimum atomic E-state index is 0.246. The smallest absolute Gasteiger partial charge is 0.0725 e. The summed E-state index contributed by atoms with van der Waals surface area (Å²) in [5.74, 6) is 0. The highest BCUT2D eigenvalue weighted by molar-refractivity contribution is 5.03. The number of hydrogen-bond acceptors (Lipinski definition) is 3. The van der Waals surface area contributed by atoms with E-state index >= 15 is 0 Å². The van der Waals surface area contributed by atoms with Crippen molar-refractivity contribution in [3.05, 3.63) is 18.0 Å². The maximum Gasteiger partial charge on any atom is 0.0725 e. The van der Waals surface area contributed by atoms with Gasteiger partial charge in [-0.15, -0.1) is 0 Å². The van der Waals surface area contributed by atoms with Gasteiger partial charge in [-0.3, -0.25) is 4.68 Å². The van der Waals surface area contributed by atoms with Crippen molar-refractivity contribution in [3.63, 3.8) is 0 Å². The lowest BCUT2D eigenvalue weighted by atomic mass is 10.0. The summed E-state index contributed by atoms with van der Waals surface area (Å²) in [6.45, 7) is 9.67. The summed E-state index contributed by atoms with van der Waals surface area (Å²) in [7, 11) is 1.79. The van der Waals surface area contributed by atoms with Gasteiger partial charge in [-0.05, 0) is 39.3 Å². The Kier molecular flexibility index (Phi) is 7.10. The molecule has 0 saturated heterocycles. The first-order valence-corrected chi connectivity index (χ1v) is 7.42. The first-order chi connectivity index (χ1) is 9.12. The van der Waals surface area contributed by atoms with Gasteiger partial charge in [0.25, 0.3) is 0 Å². The SMILES string of the molecule is CCCNC(Cc1ccn(C(C)C)n1)C(CC)OC.